The smallest absolute Gasteiger partial charge is 0.411 e. The maximum atomic E-state index is 13.3. The molecule has 0 aliphatic carbocycles. The number of rotatable bonds is 7. The van der Waals surface area contributed by atoms with Gasteiger partial charge in [0.15, 0.2) is 0 Å². The molecular formula is C26H23ClN8O3. The molecule has 0 saturated heterocycles. The highest BCUT2D eigenvalue weighted by atomic mass is 35.5. The van der Waals surface area contributed by atoms with Gasteiger partial charge in [-0.15, -0.1) is 5.10 Å². The lowest BCUT2D eigenvalue weighted by atomic mass is 10.0. The Morgan fingerprint density at radius 1 is 1.11 bits per heavy atom. The SMILES string of the molecule is CCc1cc(-c2cc(Cl)ccc2-n2cnnn2)cc(=O)n1Cc1ncc(-c2ccc(NC(=O)OC)cc2)[nH]1. The number of halogens is 1. The third-order valence-corrected chi connectivity index (χ3v) is 6.24. The van der Waals surface area contributed by atoms with Crippen LogP contribution < -0.4 is 10.9 Å². The van der Waals surface area contributed by atoms with Crippen LogP contribution in [0, 0.1) is 0 Å². The van der Waals surface area contributed by atoms with E-state index in [1.165, 1.54) is 18.1 Å². The summed E-state index contributed by atoms with van der Waals surface area (Å²) in [6.07, 6.45) is 3.30. The number of methoxy groups -OCH3 is 1. The van der Waals surface area contributed by atoms with E-state index in [0.29, 0.717) is 28.6 Å². The first kappa shape index (κ1) is 24.9. The van der Waals surface area contributed by atoms with Gasteiger partial charge in [-0.2, -0.15) is 4.68 Å². The Kier molecular flexibility index (Phi) is 7.00. The number of pyridine rings is 1. The number of hydrogen-bond donors (Lipinski definition) is 2. The molecule has 0 atom stereocenters. The van der Waals surface area contributed by atoms with Crippen LogP contribution in [0.5, 0.6) is 0 Å². The van der Waals surface area contributed by atoms with Gasteiger partial charge in [0.1, 0.15) is 12.2 Å². The zero-order valence-electron chi connectivity index (χ0n) is 20.6. The Morgan fingerprint density at radius 3 is 2.63 bits per heavy atom. The minimum absolute atomic E-state index is 0.168. The molecule has 3 aromatic heterocycles. The molecule has 11 nitrogen and oxygen atoms in total. The molecule has 0 bridgehead atoms. The number of imidazole rings is 1. The molecular weight excluding hydrogens is 508 g/mol. The predicted octanol–water partition coefficient (Wildman–Crippen LogP) is 4.32. The van der Waals surface area contributed by atoms with Gasteiger partial charge in [0, 0.05) is 28.0 Å². The average Bonchev–Trinajstić information content (AvgIpc) is 3.63. The van der Waals surface area contributed by atoms with Crippen molar-refractivity contribution in [1.29, 1.82) is 0 Å². The van der Waals surface area contributed by atoms with Gasteiger partial charge in [-0.1, -0.05) is 30.7 Å². The summed E-state index contributed by atoms with van der Waals surface area (Å²) in [7, 11) is 1.31. The zero-order chi connectivity index (χ0) is 26.6. The molecule has 3 heterocycles. The number of nitrogens with zero attached hydrogens (tertiary/aromatic N) is 6. The summed E-state index contributed by atoms with van der Waals surface area (Å²) in [6, 6.07) is 16.2. The molecule has 5 aromatic rings. The number of nitrogens with one attached hydrogen (secondary N) is 2. The Balaban J connectivity index is 1.43. The lowest BCUT2D eigenvalue weighted by Gasteiger charge is -2.15. The first-order valence-electron chi connectivity index (χ1n) is 11.7. The second-order valence-electron chi connectivity index (χ2n) is 8.37. The van der Waals surface area contributed by atoms with E-state index >= 15 is 0 Å². The number of amides is 1. The van der Waals surface area contributed by atoms with Crippen molar-refractivity contribution in [2.24, 2.45) is 0 Å². The molecule has 0 radical (unpaired) electrons. The third-order valence-electron chi connectivity index (χ3n) is 6.01. The normalized spacial score (nSPS) is 10.9. The largest absolute Gasteiger partial charge is 0.453 e. The number of tetrazole rings is 1. The highest BCUT2D eigenvalue weighted by Gasteiger charge is 2.15. The lowest BCUT2D eigenvalue weighted by molar-refractivity contribution is 0.187. The molecule has 0 aliphatic rings. The molecule has 2 N–H and O–H groups in total. The van der Waals surface area contributed by atoms with Crippen LogP contribution in [-0.2, 0) is 17.7 Å². The number of aryl methyl sites for hydroxylation is 1. The number of hydrogen-bond acceptors (Lipinski definition) is 7. The van der Waals surface area contributed by atoms with Crippen LogP contribution in [0.4, 0.5) is 10.5 Å². The number of ether oxygens (including phenoxy) is 1. The van der Waals surface area contributed by atoms with Crippen molar-refractivity contribution in [2.45, 2.75) is 19.9 Å². The van der Waals surface area contributed by atoms with E-state index in [2.05, 4.69) is 35.5 Å². The van der Waals surface area contributed by atoms with Crippen molar-refractivity contribution in [3.63, 3.8) is 0 Å². The van der Waals surface area contributed by atoms with E-state index < -0.39 is 6.09 Å². The van der Waals surface area contributed by atoms with Crippen molar-refractivity contribution in [1.82, 2.24) is 34.7 Å². The molecule has 0 unspecified atom stereocenters. The van der Waals surface area contributed by atoms with E-state index in [1.54, 1.807) is 41.1 Å². The van der Waals surface area contributed by atoms with Crippen molar-refractivity contribution in [3.8, 4) is 28.1 Å². The van der Waals surface area contributed by atoms with Gasteiger partial charge >= 0.3 is 6.09 Å². The van der Waals surface area contributed by atoms with Gasteiger partial charge in [-0.25, -0.2) is 9.78 Å². The number of carbonyl (C=O) groups excluding carboxylic acids is 1. The van der Waals surface area contributed by atoms with Crippen LogP contribution >= 0.6 is 11.6 Å². The van der Waals surface area contributed by atoms with E-state index in [4.69, 9.17) is 11.6 Å². The molecule has 5 rings (SSSR count). The van der Waals surface area contributed by atoms with Crippen LogP contribution in [0.1, 0.15) is 18.4 Å². The van der Waals surface area contributed by atoms with E-state index in [9.17, 15) is 9.59 Å². The fraction of sp³-hybridized carbons (Fsp3) is 0.154. The van der Waals surface area contributed by atoms with Gasteiger partial charge in [0.2, 0.25) is 0 Å². The monoisotopic (exact) mass is 530 g/mol. The molecule has 0 aliphatic heterocycles. The maximum Gasteiger partial charge on any atom is 0.411 e. The second-order valence-corrected chi connectivity index (χ2v) is 8.80. The van der Waals surface area contributed by atoms with Gasteiger partial charge in [-0.05, 0) is 64.4 Å². The van der Waals surface area contributed by atoms with Gasteiger partial charge < -0.3 is 14.3 Å². The molecule has 38 heavy (non-hydrogen) atoms. The summed E-state index contributed by atoms with van der Waals surface area (Å²) in [5.74, 6) is 0.637. The summed E-state index contributed by atoms with van der Waals surface area (Å²) >= 11 is 6.29. The summed E-state index contributed by atoms with van der Waals surface area (Å²) in [5, 5.41) is 14.6. The first-order chi connectivity index (χ1) is 18.4. The molecule has 12 heteroatoms. The summed E-state index contributed by atoms with van der Waals surface area (Å²) in [4.78, 5) is 32.5. The number of anilines is 1. The van der Waals surface area contributed by atoms with Gasteiger partial charge in [0.25, 0.3) is 5.56 Å². The minimum atomic E-state index is -0.535. The van der Waals surface area contributed by atoms with Crippen molar-refractivity contribution >= 4 is 23.4 Å². The molecule has 192 valence electrons. The Hall–Kier alpha value is -4.77. The topological polar surface area (TPSA) is 133 Å². The van der Waals surface area contributed by atoms with Crippen molar-refractivity contribution in [3.05, 3.63) is 94.0 Å². The maximum absolute atomic E-state index is 13.3. The van der Waals surface area contributed by atoms with Gasteiger partial charge in [0.05, 0.1) is 31.2 Å². The van der Waals surface area contributed by atoms with E-state index in [1.807, 2.05) is 31.2 Å². The van der Waals surface area contributed by atoms with Crippen LogP contribution in [0.25, 0.3) is 28.1 Å². The summed E-state index contributed by atoms with van der Waals surface area (Å²) < 4.78 is 7.83. The highest BCUT2D eigenvalue weighted by molar-refractivity contribution is 6.31. The number of aromatic amines is 1. The number of carbonyl (C=O) groups is 1. The Bertz CT molecular complexity index is 1640. The lowest BCUT2D eigenvalue weighted by Crippen LogP contribution is -2.24. The molecule has 0 spiro atoms. The highest BCUT2D eigenvalue weighted by Crippen LogP contribution is 2.29. The van der Waals surface area contributed by atoms with Crippen LogP contribution in [-0.4, -0.2) is 47.9 Å². The minimum Gasteiger partial charge on any atom is -0.453 e. The summed E-state index contributed by atoms with van der Waals surface area (Å²) in [5.41, 5.74) is 5.13. The average molecular weight is 531 g/mol. The van der Waals surface area contributed by atoms with Crippen LogP contribution in [0.3, 0.4) is 0 Å². The predicted molar refractivity (Wildman–Crippen MR) is 142 cm³/mol. The van der Waals surface area contributed by atoms with Crippen LogP contribution in [0.15, 0.2) is 71.9 Å². The number of benzene rings is 2. The van der Waals surface area contributed by atoms with E-state index in [-0.39, 0.29) is 12.1 Å². The Labute approximate surface area is 222 Å². The Morgan fingerprint density at radius 2 is 1.92 bits per heavy atom. The summed E-state index contributed by atoms with van der Waals surface area (Å²) in [6.45, 7) is 2.27. The van der Waals surface area contributed by atoms with Gasteiger partial charge in [-0.3, -0.25) is 10.1 Å². The number of aromatic nitrogens is 7. The molecule has 1 amide bonds. The number of H-pyrrole nitrogens is 1. The van der Waals surface area contributed by atoms with E-state index in [0.717, 1.165) is 28.1 Å². The second kappa shape index (κ2) is 10.7. The van der Waals surface area contributed by atoms with Crippen LogP contribution in [0.2, 0.25) is 5.02 Å². The molecule has 0 saturated carbocycles. The quantitative estimate of drug-likeness (QED) is 0.320. The van der Waals surface area contributed by atoms with Crippen molar-refractivity contribution < 1.29 is 9.53 Å². The zero-order valence-corrected chi connectivity index (χ0v) is 21.3. The molecule has 2 aromatic carbocycles. The third kappa shape index (κ3) is 5.18. The first-order valence-corrected chi connectivity index (χ1v) is 12.1. The fourth-order valence-electron chi connectivity index (χ4n) is 4.13. The standard InChI is InChI=1S/C26H23ClN8O3/c1-3-20-10-17(21-12-18(27)6-9-23(21)35-15-29-32-33-35)11-25(36)34(20)14-24-28-13-22(31-24)16-4-7-19(8-5-16)30-26(37)38-2/h4-13,15H,3,14H2,1-2H3,(H,28,31)(H,30,37). The fourth-order valence-corrected chi connectivity index (χ4v) is 4.30. The van der Waals surface area contributed by atoms with Crippen molar-refractivity contribution in [2.75, 3.05) is 12.4 Å². The molecule has 0 fully saturated rings.